The van der Waals surface area contributed by atoms with Gasteiger partial charge in [-0.05, 0) is 55.3 Å². The number of aryl methyl sites for hydroxylation is 2. The van der Waals surface area contributed by atoms with Crippen LogP contribution < -0.4 is 5.32 Å². The number of carbonyl (C=O) groups is 2. The standard InChI is InChI=1S/C29H24ClFN4O3S/c1-17-7-3-6-10-23(17)32-27(36)15-26-28(37)35(29(39-26)33-24-13-19(31)12-11-18(24)2)16-20-14-25(38-34-20)21-8-4-5-9-22(21)30/h3-14,26H,15-16H2,1-2H3,(H,32,36). The van der Waals surface area contributed by atoms with Crippen molar-refractivity contribution >= 4 is 51.7 Å². The minimum atomic E-state index is -0.712. The van der Waals surface area contributed by atoms with Crippen molar-refractivity contribution in [3.8, 4) is 11.3 Å². The van der Waals surface area contributed by atoms with Crippen LogP contribution in [0, 0.1) is 19.7 Å². The van der Waals surface area contributed by atoms with Crippen molar-refractivity contribution in [1.29, 1.82) is 0 Å². The van der Waals surface area contributed by atoms with Gasteiger partial charge in [0.05, 0.1) is 17.3 Å². The van der Waals surface area contributed by atoms with Gasteiger partial charge in [0.25, 0.3) is 0 Å². The van der Waals surface area contributed by atoms with Gasteiger partial charge < -0.3 is 9.84 Å². The van der Waals surface area contributed by atoms with E-state index in [1.54, 1.807) is 18.2 Å². The number of hydrogen-bond donors (Lipinski definition) is 1. The Bertz CT molecular complexity index is 1590. The second-order valence-corrected chi connectivity index (χ2v) is 10.7. The van der Waals surface area contributed by atoms with Crippen molar-refractivity contribution in [3.63, 3.8) is 0 Å². The summed E-state index contributed by atoms with van der Waals surface area (Å²) in [5, 5.41) is 7.15. The summed E-state index contributed by atoms with van der Waals surface area (Å²) in [5.74, 6) is -0.560. The number of thioether (sulfide) groups is 1. The second-order valence-electron chi connectivity index (χ2n) is 9.09. The fourth-order valence-corrected chi connectivity index (χ4v) is 5.47. The largest absolute Gasteiger partial charge is 0.356 e. The number of hydrogen-bond acceptors (Lipinski definition) is 6. The zero-order valence-corrected chi connectivity index (χ0v) is 22.7. The van der Waals surface area contributed by atoms with Crippen LogP contribution in [0.15, 0.2) is 82.3 Å². The highest BCUT2D eigenvalue weighted by Gasteiger charge is 2.40. The number of para-hydroxylation sites is 1. The first kappa shape index (κ1) is 26.6. The Morgan fingerprint density at radius 3 is 2.67 bits per heavy atom. The number of nitrogens with one attached hydrogen (secondary N) is 1. The molecule has 2 amide bonds. The topological polar surface area (TPSA) is 87.8 Å². The first-order chi connectivity index (χ1) is 18.8. The third-order valence-corrected chi connectivity index (χ3v) is 7.72. The number of benzene rings is 3. The number of amidine groups is 1. The predicted octanol–water partition coefficient (Wildman–Crippen LogP) is 6.91. The Morgan fingerprint density at radius 2 is 1.87 bits per heavy atom. The van der Waals surface area contributed by atoms with Crippen LogP contribution in [0.5, 0.6) is 0 Å². The normalized spacial score (nSPS) is 16.2. The molecular formula is C29H24ClFN4O3S. The van der Waals surface area contributed by atoms with Crippen LogP contribution in [0.3, 0.4) is 0 Å². The molecule has 0 spiro atoms. The number of aromatic nitrogens is 1. The number of carbonyl (C=O) groups excluding carboxylic acids is 2. The number of anilines is 1. The van der Waals surface area contributed by atoms with E-state index in [4.69, 9.17) is 16.1 Å². The van der Waals surface area contributed by atoms with E-state index in [0.29, 0.717) is 38.6 Å². The molecule has 1 aromatic heterocycles. The minimum absolute atomic E-state index is 0.0564. The molecule has 0 radical (unpaired) electrons. The molecule has 7 nitrogen and oxygen atoms in total. The summed E-state index contributed by atoms with van der Waals surface area (Å²) in [4.78, 5) is 32.5. The molecule has 3 aromatic carbocycles. The molecule has 2 heterocycles. The molecular weight excluding hydrogens is 539 g/mol. The van der Waals surface area contributed by atoms with Crippen molar-refractivity contribution in [2.24, 2.45) is 4.99 Å². The van der Waals surface area contributed by atoms with Crippen molar-refractivity contribution in [3.05, 3.63) is 100 Å². The lowest BCUT2D eigenvalue weighted by atomic mass is 10.1. The summed E-state index contributed by atoms with van der Waals surface area (Å²) in [5.41, 5.74) is 3.91. The van der Waals surface area contributed by atoms with Crippen molar-refractivity contribution in [1.82, 2.24) is 10.1 Å². The van der Waals surface area contributed by atoms with Crippen LogP contribution in [-0.2, 0) is 16.1 Å². The molecule has 0 saturated carbocycles. The zero-order chi connectivity index (χ0) is 27.5. The maximum absolute atomic E-state index is 14.0. The third kappa shape index (κ3) is 6.05. The monoisotopic (exact) mass is 562 g/mol. The Labute approximate surface area is 234 Å². The molecule has 1 atom stereocenters. The molecule has 198 valence electrons. The van der Waals surface area contributed by atoms with Gasteiger partial charge in [-0.2, -0.15) is 0 Å². The highest BCUT2D eigenvalue weighted by Crippen LogP contribution is 2.35. The van der Waals surface area contributed by atoms with E-state index in [-0.39, 0.29) is 24.8 Å². The van der Waals surface area contributed by atoms with Gasteiger partial charge in [0.1, 0.15) is 16.8 Å². The summed E-state index contributed by atoms with van der Waals surface area (Å²) < 4.78 is 19.5. The van der Waals surface area contributed by atoms with Crippen LogP contribution in [0.2, 0.25) is 5.02 Å². The van der Waals surface area contributed by atoms with Gasteiger partial charge in [-0.15, -0.1) is 0 Å². The molecule has 0 aliphatic carbocycles. The fourth-order valence-electron chi connectivity index (χ4n) is 4.10. The van der Waals surface area contributed by atoms with Crippen LogP contribution >= 0.6 is 23.4 Å². The number of amides is 2. The van der Waals surface area contributed by atoms with Crippen LogP contribution in [-0.4, -0.2) is 32.3 Å². The van der Waals surface area contributed by atoms with E-state index < -0.39 is 11.1 Å². The Kier molecular flexibility index (Phi) is 7.81. The van der Waals surface area contributed by atoms with Gasteiger partial charge in [-0.25, -0.2) is 9.38 Å². The minimum Gasteiger partial charge on any atom is -0.356 e. The maximum atomic E-state index is 14.0. The van der Waals surface area contributed by atoms with E-state index in [9.17, 15) is 14.0 Å². The fraction of sp³-hybridized carbons (Fsp3) is 0.172. The number of rotatable bonds is 7. The molecule has 1 N–H and O–H groups in total. The smallest absolute Gasteiger partial charge is 0.243 e. The third-order valence-electron chi connectivity index (χ3n) is 6.22. The van der Waals surface area contributed by atoms with E-state index in [2.05, 4.69) is 15.5 Å². The molecule has 1 aliphatic heterocycles. The van der Waals surface area contributed by atoms with Gasteiger partial charge in [0.15, 0.2) is 10.9 Å². The lowest BCUT2D eigenvalue weighted by Gasteiger charge is -2.15. The number of aliphatic imine (C=N–C) groups is 1. The van der Waals surface area contributed by atoms with Crippen LogP contribution in [0.4, 0.5) is 15.8 Å². The Hall–Kier alpha value is -3.95. The highest BCUT2D eigenvalue weighted by molar-refractivity contribution is 8.15. The first-order valence-electron chi connectivity index (χ1n) is 12.2. The maximum Gasteiger partial charge on any atom is 0.243 e. The van der Waals surface area contributed by atoms with E-state index >= 15 is 0 Å². The van der Waals surface area contributed by atoms with Gasteiger partial charge in [0, 0.05) is 23.7 Å². The molecule has 5 rings (SSSR count). The lowest BCUT2D eigenvalue weighted by Crippen LogP contribution is -2.33. The Balaban J connectivity index is 1.41. The average molecular weight is 563 g/mol. The molecule has 1 fully saturated rings. The molecule has 10 heteroatoms. The zero-order valence-electron chi connectivity index (χ0n) is 21.2. The van der Waals surface area contributed by atoms with Gasteiger partial charge in [-0.3, -0.25) is 14.5 Å². The Morgan fingerprint density at radius 1 is 1.10 bits per heavy atom. The molecule has 1 aliphatic rings. The molecule has 0 bridgehead atoms. The summed E-state index contributed by atoms with van der Waals surface area (Å²) in [6.45, 7) is 3.77. The SMILES string of the molecule is Cc1ccc(F)cc1N=C1SC(CC(=O)Nc2ccccc2C)C(=O)N1Cc1cc(-c2ccccc2Cl)on1. The molecule has 39 heavy (non-hydrogen) atoms. The van der Waals surface area contributed by atoms with Gasteiger partial charge in [0.2, 0.25) is 11.8 Å². The van der Waals surface area contributed by atoms with E-state index in [1.807, 2.05) is 56.3 Å². The quantitative estimate of drug-likeness (QED) is 0.264. The average Bonchev–Trinajstić information content (AvgIpc) is 3.48. The van der Waals surface area contributed by atoms with Crippen molar-refractivity contribution in [2.45, 2.75) is 32.1 Å². The van der Waals surface area contributed by atoms with E-state index in [0.717, 1.165) is 11.1 Å². The number of nitrogens with zero attached hydrogens (tertiary/aromatic N) is 3. The highest BCUT2D eigenvalue weighted by atomic mass is 35.5. The number of halogens is 2. The first-order valence-corrected chi connectivity index (χ1v) is 13.4. The predicted molar refractivity (Wildman–Crippen MR) is 152 cm³/mol. The molecule has 1 unspecified atom stereocenters. The van der Waals surface area contributed by atoms with Gasteiger partial charge in [-0.1, -0.05) is 64.9 Å². The summed E-state index contributed by atoms with van der Waals surface area (Å²) in [6, 6.07) is 20.6. The van der Waals surface area contributed by atoms with Gasteiger partial charge >= 0.3 is 0 Å². The lowest BCUT2D eigenvalue weighted by molar-refractivity contribution is -0.128. The summed E-state index contributed by atoms with van der Waals surface area (Å²) in [6.07, 6.45) is -0.0564. The van der Waals surface area contributed by atoms with Crippen LogP contribution in [0.25, 0.3) is 11.3 Å². The summed E-state index contributed by atoms with van der Waals surface area (Å²) >= 11 is 7.46. The van der Waals surface area contributed by atoms with E-state index in [1.165, 1.54) is 28.8 Å². The molecule has 4 aromatic rings. The summed E-state index contributed by atoms with van der Waals surface area (Å²) in [7, 11) is 0. The molecule has 1 saturated heterocycles. The van der Waals surface area contributed by atoms with Crippen molar-refractivity contribution < 1.29 is 18.5 Å². The van der Waals surface area contributed by atoms with Crippen LogP contribution in [0.1, 0.15) is 23.2 Å². The second kappa shape index (κ2) is 11.4. The van der Waals surface area contributed by atoms with Crippen molar-refractivity contribution in [2.75, 3.05) is 5.32 Å².